The molecule has 0 aromatic heterocycles. The van der Waals surface area contributed by atoms with Crippen molar-refractivity contribution in [2.75, 3.05) is 41.3 Å². The Kier molecular flexibility index (Phi) is 6.74. The van der Waals surface area contributed by atoms with Gasteiger partial charge in [-0.1, -0.05) is 18.0 Å². The first-order valence-corrected chi connectivity index (χ1v) is 13.9. The second-order valence-electron chi connectivity index (χ2n) is 9.30. The third-order valence-corrected chi connectivity index (χ3v) is 9.13. The van der Waals surface area contributed by atoms with Crippen molar-refractivity contribution < 1.29 is 18.0 Å². The SMILES string of the molecule is O=C(CN1C(=O)[C@@H]2CCCCN2c2ccc(S(=O)(=O)N3CCCCC3)cc21)Nc1ccc(Cl)cc1. The van der Waals surface area contributed by atoms with Gasteiger partial charge < -0.3 is 10.2 Å². The number of benzene rings is 2. The molecule has 186 valence electrons. The third-order valence-electron chi connectivity index (χ3n) is 6.98. The molecule has 3 heterocycles. The smallest absolute Gasteiger partial charge is 0.250 e. The molecule has 0 bridgehead atoms. The van der Waals surface area contributed by atoms with E-state index in [9.17, 15) is 18.0 Å². The van der Waals surface area contributed by atoms with Crippen LogP contribution in [-0.4, -0.2) is 56.8 Å². The van der Waals surface area contributed by atoms with Crippen LogP contribution in [0.1, 0.15) is 38.5 Å². The molecule has 0 unspecified atom stereocenters. The van der Waals surface area contributed by atoms with Crippen LogP contribution in [-0.2, 0) is 19.6 Å². The number of fused-ring (bicyclic) bond motifs is 3. The van der Waals surface area contributed by atoms with Crippen molar-refractivity contribution in [2.45, 2.75) is 49.5 Å². The molecule has 3 aliphatic rings. The van der Waals surface area contributed by atoms with Gasteiger partial charge in [-0.15, -0.1) is 0 Å². The molecule has 0 aliphatic carbocycles. The van der Waals surface area contributed by atoms with Crippen molar-refractivity contribution in [1.29, 1.82) is 0 Å². The molecule has 1 atom stereocenters. The zero-order valence-corrected chi connectivity index (χ0v) is 21.0. The number of carbonyl (C=O) groups is 2. The Bertz CT molecular complexity index is 1230. The van der Waals surface area contributed by atoms with Gasteiger partial charge in [-0.25, -0.2) is 8.42 Å². The number of rotatable bonds is 5. The summed E-state index contributed by atoms with van der Waals surface area (Å²) in [4.78, 5) is 30.1. The molecule has 35 heavy (non-hydrogen) atoms. The largest absolute Gasteiger partial charge is 0.358 e. The Morgan fingerprint density at radius 2 is 1.66 bits per heavy atom. The van der Waals surface area contributed by atoms with Crippen LogP contribution < -0.4 is 15.1 Å². The summed E-state index contributed by atoms with van der Waals surface area (Å²) in [7, 11) is -3.68. The molecule has 5 rings (SSSR count). The van der Waals surface area contributed by atoms with Crippen LogP contribution in [0.15, 0.2) is 47.4 Å². The maximum atomic E-state index is 13.5. The van der Waals surface area contributed by atoms with Gasteiger partial charge in [0.05, 0.1) is 16.3 Å². The summed E-state index contributed by atoms with van der Waals surface area (Å²) in [5, 5.41) is 3.36. The minimum absolute atomic E-state index is 0.157. The zero-order chi connectivity index (χ0) is 24.6. The molecule has 2 aromatic rings. The monoisotopic (exact) mass is 516 g/mol. The highest BCUT2D eigenvalue weighted by molar-refractivity contribution is 7.89. The van der Waals surface area contributed by atoms with E-state index in [1.165, 1.54) is 9.21 Å². The van der Waals surface area contributed by atoms with E-state index in [2.05, 4.69) is 10.2 Å². The minimum Gasteiger partial charge on any atom is -0.358 e. The van der Waals surface area contributed by atoms with Gasteiger partial charge in [-0.05, 0) is 74.6 Å². The predicted octanol–water partition coefficient (Wildman–Crippen LogP) is 3.86. The van der Waals surface area contributed by atoms with Crippen molar-refractivity contribution in [3.05, 3.63) is 47.5 Å². The Balaban J connectivity index is 1.48. The predicted molar refractivity (Wildman–Crippen MR) is 136 cm³/mol. The fourth-order valence-corrected chi connectivity index (χ4v) is 6.86. The van der Waals surface area contributed by atoms with Gasteiger partial charge in [0.15, 0.2) is 0 Å². The number of nitrogens with zero attached hydrogens (tertiary/aromatic N) is 3. The Morgan fingerprint density at radius 3 is 2.40 bits per heavy atom. The average Bonchev–Trinajstić information content (AvgIpc) is 2.88. The van der Waals surface area contributed by atoms with E-state index in [1.807, 2.05) is 0 Å². The molecular formula is C25H29ClN4O4S. The van der Waals surface area contributed by atoms with Gasteiger partial charge in [0.1, 0.15) is 12.6 Å². The van der Waals surface area contributed by atoms with E-state index in [4.69, 9.17) is 11.6 Å². The topological polar surface area (TPSA) is 90.0 Å². The van der Waals surface area contributed by atoms with Crippen LogP contribution >= 0.6 is 11.6 Å². The van der Waals surface area contributed by atoms with Crippen molar-refractivity contribution >= 4 is 50.5 Å². The number of hydrogen-bond donors (Lipinski definition) is 1. The number of sulfonamides is 1. The number of hydrogen-bond acceptors (Lipinski definition) is 5. The van der Waals surface area contributed by atoms with Gasteiger partial charge in [0.2, 0.25) is 21.8 Å². The zero-order valence-electron chi connectivity index (χ0n) is 19.5. The van der Waals surface area contributed by atoms with E-state index in [1.54, 1.807) is 42.5 Å². The molecule has 2 saturated heterocycles. The van der Waals surface area contributed by atoms with E-state index >= 15 is 0 Å². The second kappa shape index (κ2) is 9.79. The van der Waals surface area contributed by atoms with E-state index in [0.717, 1.165) is 44.3 Å². The summed E-state index contributed by atoms with van der Waals surface area (Å²) in [6.45, 7) is 1.53. The maximum Gasteiger partial charge on any atom is 0.250 e. The van der Waals surface area contributed by atoms with E-state index < -0.39 is 10.0 Å². The third kappa shape index (κ3) is 4.77. The van der Waals surface area contributed by atoms with Crippen LogP contribution in [0.5, 0.6) is 0 Å². The lowest BCUT2D eigenvalue weighted by Crippen LogP contribution is -2.56. The molecule has 0 spiro atoms. The highest BCUT2D eigenvalue weighted by Gasteiger charge is 2.41. The molecule has 2 aromatic carbocycles. The lowest BCUT2D eigenvalue weighted by molar-refractivity contribution is -0.123. The maximum absolute atomic E-state index is 13.5. The van der Waals surface area contributed by atoms with Crippen LogP contribution in [0.2, 0.25) is 5.02 Å². The quantitative estimate of drug-likeness (QED) is 0.651. The summed E-state index contributed by atoms with van der Waals surface area (Å²) < 4.78 is 28.2. The van der Waals surface area contributed by atoms with Gasteiger partial charge >= 0.3 is 0 Å². The molecule has 0 saturated carbocycles. The molecule has 8 nitrogen and oxygen atoms in total. The standard InChI is InChI=1S/C25H29ClN4O4S/c26-18-7-9-19(10-8-18)27-24(31)17-30-23-16-20(35(33,34)28-13-3-1-4-14-28)11-12-21(23)29-15-5-2-6-22(29)25(30)32/h7-12,16,22H,1-6,13-15,17H2,(H,27,31)/t22-/m0/s1. The van der Waals surface area contributed by atoms with Crippen molar-refractivity contribution in [3.8, 4) is 0 Å². The molecule has 2 fully saturated rings. The van der Waals surface area contributed by atoms with Crippen LogP contribution in [0.25, 0.3) is 0 Å². The van der Waals surface area contributed by atoms with Crippen molar-refractivity contribution in [1.82, 2.24) is 4.31 Å². The number of carbonyl (C=O) groups excluding carboxylic acids is 2. The number of amides is 2. The van der Waals surface area contributed by atoms with Crippen LogP contribution in [0.3, 0.4) is 0 Å². The molecule has 10 heteroatoms. The first kappa shape index (κ1) is 24.1. The van der Waals surface area contributed by atoms with E-state index in [-0.39, 0.29) is 29.3 Å². The Hall–Kier alpha value is -2.62. The molecule has 3 aliphatic heterocycles. The number of piperidine rings is 2. The van der Waals surface area contributed by atoms with Crippen LogP contribution in [0, 0.1) is 0 Å². The summed E-state index contributed by atoms with van der Waals surface area (Å²) in [5.41, 5.74) is 1.84. The fourth-order valence-electron chi connectivity index (χ4n) is 5.19. The minimum atomic E-state index is -3.68. The first-order chi connectivity index (χ1) is 16.8. The number of anilines is 3. The highest BCUT2D eigenvalue weighted by atomic mass is 35.5. The summed E-state index contributed by atoms with van der Waals surface area (Å²) in [6.07, 6.45) is 5.33. The Morgan fingerprint density at radius 1 is 0.943 bits per heavy atom. The van der Waals surface area contributed by atoms with Gasteiger partial charge in [0, 0.05) is 30.3 Å². The molecule has 2 amide bonds. The van der Waals surface area contributed by atoms with Crippen LogP contribution in [0.4, 0.5) is 17.1 Å². The normalized spacial score (nSPS) is 20.8. The highest BCUT2D eigenvalue weighted by Crippen LogP contribution is 2.41. The average molecular weight is 517 g/mol. The van der Waals surface area contributed by atoms with Gasteiger partial charge in [-0.3, -0.25) is 14.5 Å². The molecule has 0 radical (unpaired) electrons. The summed E-state index contributed by atoms with van der Waals surface area (Å²) >= 11 is 5.93. The summed E-state index contributed by atoms with van der Waals surface area (Å²) in [6, 6.07) is 11.4. The molecular weight excluding hydrogens is 488 g/mol. The lowest BCUT2D eigenvalue weighted by atomic mass is 9.96. The fraction of sp³-hybridized carbons (Fsp3) is 0.440. The van der Waals surface area contributed by atoms with Gasteiger partial charge in [0.25, 0.3) is 0 Å². The number of nitrogens with one attached hydrogen (secondary N) is 1. The Labute approximate surface area is 210 Å². The van der Waals surface area contributed by atoms with Crippen molar-refractivity contribution in [2.24, 2.45) is 0 Å². The summed E-state index contributed by atoms with van der Waals surface area (Å²) in [5.74, 6) is -0.531. The number of halogens is 1. The van der Waals surface area contributed by atoms with E-state index in [0.29, 0.717) is 35.9 Å². The van der Waals surface area contributed by atoms with Crippen molar-refractivity contribution in [3.63, 3.8) is 0 Å². The lowest BCUT2D eigenvalue weighted by Gasteiger charge is -2.45. The second-order valence-corrected chi connectivity index (χ2v) is 11.7. The molecule has 1 N–H and O–H groups in total. The van der Waals surface area contributed by atoms with Gasteiger partial charge in [-0.2, -0.15) is 4.31 Å². The first-order valence-electron chi connectivity index (χ1n) is 12.1.